The van der Waals surface area contributed by atoms with Crippen LogP contribution < -0.4 is 0 Å². The Morgan fingerprint density at radius 2 is 1.11 bits per heavy atom. The fraction of sp³-hybridized carbons (Fsp3) is 0.235. The summed E-state index contributed by atoms with van der Waals surface area (Å²) in [6.45, 7) is 2.07. The highest BCUT2D eigenvalue weighted by atomic mass is 15.2. The molecule has 0 N–H and O–H groups in total. The van der Waals surface area contributed by atoms with E-state index < -0.39 is 0 Å². The molecule has 2 aromatic rings. The van der Waals surface area contributed by atoms with E-state index in [4.69, 9.17) is 0 Å². The zero-order chi connectivity index (χ0) is 12.2. The average molecular weight is 236 g/mol. The number of benzene rings is 2. The Morgan fingerprint density at radius 1 is 0.667 bits per heavy atom. The molecule has 1 nitrogen and oxygen atoms in total. The molecule has 1 aliphatic carbocycles. The molecule has 0 heterocycles. The van der Waals surface area contributed by atoms with Crippen molar-refractivity contribution >= 4 is 0 Å². The van der Waals surface area contributed by atoms with Crippen molar-refractivity contribution in [1.82, 2.24) is 4.90 Å². The lowest BCUT2D eigenvalue weighted by Gasteiger charge is -2.21. The number of hydrogen-bond donors (Lipinski definition) is 0. The summed E-state index contributed by atoms with van der Waals surface area (Å²) in [6.07, 6.45) is 2.55. The smallest absolute Gasteiger partial charge is 0.0401 e. The second-order valence-corrected chi connectivity index (χ2v) is 4.89. The Morgan fingerprint density at radius 3 is 1.50 bits per heavy atom. The van der Waals surface area contributed by atoms with Gasteiger partial charge in [0.05, 0.1) is 0 Å². The van der Waals surface area contributed by atoms with Crippen LogP contribution in [0.2, 0.25) is 0 Å². The fourth-order valence-corrected chi connectivity index (χ4v) is 2.26. The number of nitrogens with zero attached hydrogens (tertiary/aromatic N) is 1. The minimum absolute atomic E-state index is 1.03. The van der Waals surface area contributed by atoms with E-state index in [9.17, 15) is 0 Å². The van der Waals surface area contributed by atoms with Crippen LogP contribution in [0.4, 0.5) is 0 Å². The molecule has 0 bridgehead atoms. The molecule has 2 aromatic carbocycles. The lowest BCUT2D eigenvalue weighted by Crippen LogP contribution is -2.20. The normalized spacial score (nSPS) is 14.9. The van der Waals surface area contributed by atoms with E-state index in [1.165, 1.54) is 24.0 Å². The number of rotatable bonds is 5. The maximum atomic E-state index is 2.52. The van der Waals surface area contributed by atoms with Gasteiger partial charge in [-0.2, -0.15) is 0 Å². The Labute approximate surface area is 109 Å². The summed E-state index contributed by atoms with van der Waals surface area (Å²) in [6, 6.07) is 23.1. The second kappa shape index (κ2) is 5.36. The largest absolute Gasteiger partial charge is 0.287 e. The maximum Gasteiger partial charge on any atom is 0.0401 e. The van der Waals surface area contributed by atoms with Crippen molar-refractivity contribution in [3.8, 4) is 0 Å². The van der Waals surface area contributed by atoms with E-state index in [1.54, 1.807) is 6.04 Å². The van der Waals surface area contributed by atoms with Crippen LogP contribution in [0.3, 0.4) is 0 Å². The molecule has 1 aliphatic rings. The molecule has 0 spiro atoms. The van der Waals surface area contributed by atoms with E-state index >= 15 is 0 Å². The molecule has 3 rings (SSSR count). The second-order valence-electron chi connectivity index (χ2n) is 4.89. The third-order valence-electron chi connectivity index (χ3n) is 3.35. The molecule has 0 aromatic heterocycles. The molecule has 0 atom stereocenters. The first-order chi connectivity index (χ1) is 8.92. The quantitative estimate of drug-likeness (QED) is 0.758. The summed E-state index contributed by atoms with van der Waals surface area (Å²) in [5.41, 5.74) is 2.79. The standard InChI is InChI=1S/C17H18N/c1-3-7-15(8-4-1)13-18(17-11-12-17)14-16-9-5-2-6-10-16/h1-10H,11-14H2. The van der Waals surface area contributed by atoms with Crippen molar-refractivity contribution in [3.05, 3.63) is 77.8 Å². The van der Waals surface area contributed by atoms with Gasteiger partial charge in [0.1, 0.15) is 0 Å². The van der Waals surface area contributed by atoms with E-state index in [2.05, 4.69) is 65.6 Å². The summed E-state index contributed by atoms with van der Waals surface area (Å²) < 4.78 is 0. The van der Waals surface area contributed by atoms with Crippen molar-refractivity contribution < 1.29 is 0 Å². The fourth-order valence-electron chi connectivity index (χ4n) is 2.26. The first-order valence-corrected chi connectivity index (χ1v) is 6.59. The summed E-state index contributed by atoms with van der Waals surface area (Å²) in [5.74, 6) is 0. The third kappa shape index (κ3) is 2.99. The van der Waals surface area contributed by atoms with Crippen LogP contribution >= 0.6 is 0 Å². The van der Waals surface area contributed by atoms with E-state index in [0.29, 0.717) is 0 Å². The predicted molar refractivity (Wildman–Crippen MR) is 74.6 cm³/mol. The molecule has 1 fully saturated rings. The zero-order valence-electron chi connectivity index (χ0n) is 10.5. The maximum absolute atomic E-state index is 2.52. The van der Waals surface area contributed by atoms with Crippen LogP contribution in [0.25, 0.3) is 0 Å². The third-order valence-corrected chi connectivity index (χ3v) is 3.35. The first-order valence-electron chi connectivity index (χ1n) is 6.59. The Kier molecular flexibility index (Phi) is 3.42. The highest BCUT2D eigenvalue weighted by Crippen LogP contribution is 2.37. The monoisotopic (exact) mass is 236 g/mol. The van der Waals surface area contributed by atoms with Gasteiger partial charge in [0.25, 0.3) is 0 Å². The van der Waals surface area contributed by atoms with Crippen LogP contribution in [0.15, 0.2) is 60.7 Å². The minimum atomic E-state index is 1.03. The SMILES string of the molecule is c1ccc(CN(Cc2ccccc2)[C]2CC2)cc1. The van der Waals surface area contributed by atoms with Crippen LogP contribution in [-0.2, 0) is 13.1 Å². The summed E-state index contributed by atoms with van der Waals surface area (Å²) >= 11 is 0. The van der Waals surface area contributed by atoms with Gasteiger partial charge >= 0.3 is 0 Å². The van der Waals surface area contributed by atoms with Crippen LogP contribution in [0.1, 0.15) is 24.0 Å². The molecule has 91 valence electrons. The molecule has 0 aliphatic heterocycles. The van der Waals surface area contributed by atoms with Crippen molar-refractivity contribution in [1.29, 1.82) is 0 Å². The van der Waals surface area contributed by atoms with E-state index in [-0.39, 0.29) is 0 Å². The van der Waals surface area contributed by atoms with Crippen molar-refractivity contribution in [2.75, 3.05) is 0 Å². The van der Waals surface area contributed by atoms with Crippen LogP contribution in [0.5, 0.6) is 0 Å². The highest BCUT2D eigenvalue weighted by Gasteiger charge is 2.29. The van der Waals surface area contributed by atoms with Crippen LogP contribution in [-0.4, -0.2) is 4.90 Å². The Balaban J connectivity index is 1.69. The van der Waals surface area contributed by atoms with Gasteiger partial charge in [0.15, 0.2) is 0 Å². The molecule has 0 amide bonds. The molecule has 18 heavy (non-hydrogen) atoms. The van der Waals surface area contributed by atoms with Gasteiger partial charge in [-0.25, -0.2) is 0 Å². The zero-order valence-corrected chi connectivity index (χ0v) is 10.5. The van der Waals surface area contributed by atoms with Crippen LogP contribution in [0, 0.1) is 6.04 Å². The van der Waals surface area contributed by atoms with E-state index in [0.717, 1.165) is 13.1 Å². The lowest BCUT2D eigenvalue weighted by atomic mass is 10.1. The van der Waals surface area contributed by atoms with Gasteiger partial charge in [0, 0.05) is 19.1 Å². The average Bonchev–Trinajstić information content (AvgIpc) is 3.25. The predicted octanol–water partition coefficient (Wildman–Crippen LogP) is 4.01. The Bertz CT molecular complexity index is 432. The summed E-state index contributed by atoms with van der Waals surface area (Å²) in [5, 5.41) is 0. The topological polar surface area (TPSA) is 3.24 Å². The molecule has 1 saturated carbocycles. The van der Waals surface area contributed by atoms with Gasteiger partial charge < -0.3 is 0 Å². The van der Waals surface area contributed by atoms with Gasteiger partial charge in [-0.1, -0.05) is 60.7 Å². The van der Waals surface area contributed by atoms with Crippen molar-refractivity contribution in [2.45, 2.75) is 25.9 Å². The van der Waals surface area contributed by atoms with E-state index in [1.807, 2.05) is 0 Å². The molecule has 0 saturated heterocycles. The summed E-state index contributed by atoms with van der Waals surface area (Å²) in [4.78, 5) is 2.52. The van der Waals surface area contributed by atoms with Gasteiger partial charge in [0.2, 0.25) is 0 Å². The van der Waals surface area contributed by atoms with Gasteiger partial charge in [-0.15, -0.1) is 0 Å². The summed E-state index contributed by atoms with van der Waals surface area (Å²) in [7, 11) is 0. The minimum Gasteiger partial charge on any atom is -0.287 e. The molecular weight excluding hydrogens is 218 g/mol. The van der Waals surface area contributed by atoms with Gasteiger partial charge in [-0.3, -0.25) is 4.90 Å². The molecule has 1 radical (unpaired) electrons. The molecule has 0 unspecified atom stereocenters. The van der Waals surface area contributed by atoms with Crippen molar-refractivity contribution in [3.63, 3.8) is 0 Å². The number of hydrogen-bond acceptors (Lipinski definition) is 1. The molecular formula is C17H18N. The Hall–Kier alpha value is -1.60. The highest BCUT2D eigenvalue weighted by molar-refractivity contribution is 5.20. The van der Waals surface area contributed by atoms with Gasteiger partial charge in [-0.05, 0) is 24.0 Å². The van der Waals surface area contributed by atoms with Crippen molar-refractivity contribution in [2.24, 2.45) is 0 Å². The first kappa shape index (κ1) is 11.5. The lowest BCUT2D eigenvalue weighted by molar-refractivity contribution is 0.306. The molecule has 1 heteroatoms.